The molecule has 0 saturated carbocycles. The number of likely N-dealkylation sites (N-methyl/N-ethyl adjacent to an activating group) is 2. The summed E-state index contributed by atoms with van der Waals surface area (Å²) in [6, 6.07) is 6.14. The van der Waals surface area contributed by atoms with E-state index in [1.807, 2.05) is 18.0 Å². The van der Waals surface area contributed by atoms with Gasteiger partial charge < -0.3 is 20.0 Å². The Hall–Kier alpha value is -1.66. The highest BCUT2D eigenvalue weighted by molar-refractivity contribution is 7.80. The van der Waals surface area contributed by atoms with Crippen LogP contribution in [0.3, 0.4) is 0 Å². The van der Waals surface area contributed by atoms with Gasteiger partial charge in [0.05, 0.1) is 6.54 Å². The number of nitrogens with one attached hydrogen (secondary N) is 1. The van der Waals surface area contributed by atoms with E-state index in [0.717, 1.165) is 31.9 Å². The normalized spacial score (nSPS) is 15.4. The molecule has 0 unspecified atom stereocenters. The molecule has 0 radical (unpaired) electrons. The first-order valence-corrected chi connectivity index (χ1v) is 8.33. The van der Waals surface area contributed by atoms with Gasteiger partial charge in [0.25, 0.3) is 0 Å². The van der Waals surface area contributed by atoms with Crippen LogP contribution in [0.25, 0.3) is 0 Å². The maximum atomic E-state index is 12.3. The topological polar surface area (TPSA) is 38.8 Å². The zero-order valence-electron chi connectivity index (χ0n) is 14.4. The maximum Gasteiger partial charge on any atom is 0.242 e. The highest BCUT2D eigenvalue weighted by Crippen LogP contribution is 2.14. The molecule has 0 atom stereocenters. The van der Waals surface area contributed by atoms with Gasteiger partial charge in [0.15, 0.2) is 5.11 Å². The van der Waals surface area contributed by atoms with Gasteiger partial charge in [0.1, 0.15) is 0 Å². The lowest BCUT2D eigenvalue weighted by Gasteiger charge is -2.33. The van der Waals surface area contributed by atoms with Crippen LogP contribution in [0.2, 0.25) is 0 Å². The van der Waals surface area contributed by atoms with Gasteiger partial charge >= 0.3 is 0 Å². The van der Waals surface area contributed by atoms with Gasteiger partial charge in [-0.2, -0.15) is 0 Å². The number of amides is 1. The molecule has 0 spiro atoms. The van der Waals surface area contributed by atoms with Gasteiger partial charge in [-0.15, -0.1) is 0 Å². The van der Waals surface area contributed by atoms with Gasteiger partial charge in [-0.1, -0.05) is 6.07 Å². The van der Waals surface area contributed by atoms with Crippen molar-refractivity contribution in [1.82, 2.24) is 14.7 Å². The molecule has 0 bridgehead atoms. The highest BCUT2D eigenvalue weighted by Gasteiger charge is 2.20. The van der Waals surface area contributed by atoms with Crippen LogP contribution < -0.4 is 5.32 Å². The average molecular weight is 334 g/mol. The highest BCUT2D eigenvalue weighted by atomic mass is 32.1. The van der Waals surface area contributed by atoms with Crippen molar-refractivity contribution in [3.8, 4) is 0 Å². The van der Waals surface area contributed by atoms with Crippen LogP contribution in [0.15, 0.2) is 18.2 Å². The van der Waals surface area contributed by atoms with Gasteiger partial charge in [-0.25, -0.2) is 0 Å². The summed E-state index contributed by atoms with van der Waals surface area (Å²) in [5, 5.41) is 3.77. The summed E-state index contributed by atoms with van der Waals surface area (Å²) in [6.45, 7) is 7.91. The molecule has 0 aromatic heterocycles. The molecule has 1 N–H and O–H groups in total. The number of rotatable bonds is 3. The van der Waals surface area contributed by atoms with Crippen LogP contribution in [-0.4, -0.2) is 72.5 Å². The van der Waals surface area contributed by atoms with Crippen LogP contribution in [-0.2, 0) is 4.79 Å². The van der Waals surface area contributed by atoms with E-state index in [4.69, 9.17) is 12.2 Å². The Morgan fingerprint density at radius 2 is 1.87 bits per heavy atom. The number of carbonyl (C=O) groups is 1. The van der Waals surface area contributed by atoms with E-state index in [0.29, 0.717) is 11.7 Å². The average Bonchev–Trinajstić information content (AvgIpc) is 2.51. The van der Waals surface area contributed by atoms with E-state index >= 15 is 0 Å². The number of thiocarbonyl (C=S) groups is 1. The van der Waals surface area contributed by atoms with Crippen molar-refractivity contribution in [1.29, 1.82) is 0 Å². The molecule has 1 aromatic carbocycles. The van der Waals surface area contributed by atoms with Crippen molar-refractivity contribution < 1.29 is 4.79 Å². The van der Waals surface area contributed by atoms with E-state index in [-0.39, 0.29) is 5.91 Å². The largest absolute Gasteiger partial charge is 0.343 e. The molecule has 1 aromatic rings. The molecular weight excluding hydrogens is 308 g/mol. The van der Waals surface area contributed by atoms with Gasteiger partial charge in [-0.05, 0) is 56.4 Å². The summed E-state index contributed by atoms with van der Waals surface area (Å²) in [4.78, 5) is 18.3. The summed E-state index contributed by atoms with van der Waals surface area (Å²) >= 11 is 5.41. The van der Waals surface area contributed by atoms with E-state index in [2.05, 4.69) is 43.2 Å². The van der Waals surface area contributed by atoms with Gasteiger partial charge in [-0.3, -0.25) is 4.79 Å². The van der Waals surface area contributed by atoms with Crippen molar-refractivity contribution in [2.45, 2.75) is 13.8 Å². The van der Waals surface area contributed by atoms with E-state index in [9.17, 15) is 4.79 Å². The molecule has 1 aliphatic rings. The number of carbonyl (C=O) groups excluding carboxylic acids is 1. The summed E-state index contributed by atoms with van der Waals surface area (Å²) in [5.74, 6) is 0.129. The molecule has 5 nitrogen and oxygen atoms in total. The first kappa shape index (κ1) is 17.7. The molecule has 2 rings (SSSR count). The predicted molar refractivity (Wildman–Crippen MR) is 98.8 cm³/mol. The number of nitrogens with zero attached hydrogens (tertiary/aromatic N) is 3. The first-order chi connectivity index (χ1) is 10.9. The number of piperazine rings is 1. The van der Waals surface area contributed by atoms with Gasteiger partial charge in [0.2, 0.25) is 5.91 Å². The zero-order chi connectivity index (χ0) is 17.0. The Bertz CT molecular complexity index is 582. The molecule has 1 saturated heterocycles. The molecule has 1 heterocycles. The molecule has 1 fully saturated rings. The molecule has 126 valence electrons. The van der Waals surface area contributed by atoms with Crippen LogP contribution in [0.1, 0.15) is 11.1 Å². The van der Waals surface area contributed by atoms with Crippen LogP contribution >= 0.6 is 12.2 Å². The van der Waals surface area contributed by atoms with Crippen molar-refractivity contribution >= 4 is 28.9 Å². The number of anilines is 1. The molecule has 0 aliphatic carbocycles. The Kier molecular flexibility index (Phi) is 5.96. The van der Waals surface area contributed by atoms with Crippen LogP contribution in [0.4, 0.5) is 5.69 Å². The Balaban J connectivity index is 1.86. The van der Waals surface area contributed by atoms with E-state index in [1.165, 1.54) is 11.1 Å². The second-order valence-electron chi connectivity index (χ2n) is 6.27. The molecule has 23 heavy (non-hydrogen) atoms. The first-order valence-electron chi connectivity index (χ1n) is 7.92. The fourth-order valence-electron chi connectivity index (χ4n) is 2.47. The Labute approximate surface area is 144 Å². The molecular formula is C17H26N4OS. The third-order valence-corrected chi connectivity index (χ3v) is 4.75. The smallest absolute Gasteiger partial charge is 0.242 e. The summed E-state index contributed by atoms with van der Waals surface area (Å²) < 4.78 is 0. The van der Waals surface area contributed by atoms with Gasteiger partial charge in [0, 0.05) is 38.9 Å². The standard InChI is InChI=1S/C17H26N4OS/c1-13-5-6-15(11-14(13)2)18-17(23)20(4)12-16(22)21-9-7-19(3)8-10-21/h5-6,11H,7-10,12H2,1-4H3,(H,18,23). The molecule has 1 aliphatic heterocycles. The maximum absolute atomic E-state index is 12.3. The predicted octanol–water partition coefficient (Wildman–Crippen LogP) is 1.71. The van der Waals surface area contributed by atoms with Crippen molar-refractivity contribution in [3.05, 3.63) is 29.3 Å². The minimum absolute atomic E-state index is 0.129. The van der Waals surface area contributed by atoms with Crippen molar-refractivity contribution in [3.63, 3.8) is 0 Å². The van der Waals surface area contributed by atoms with E-state index < -0.39 is 0 Å². The molecule has 6 heteroatoms. The van der Waals surface area contributed by atoms with Crippen LogP contribution in [0, 0.1) is 13.8 Å². The fraction of sp³-hybridized carbons (Fsp3) is 0.529. The second kappa shape index (κ2) is 7.75. The van der Waals surface area contributed by atoms with E-state index in [1.54, 1.807) is 4.90 Å². The Morgan fingerprint density at radius 3 is 2.48 bits per heavy atom. The minimum Gasteiger partial charge on any atom is -0.343 e. The summed E-state index contributed by atoms with van der Waals surface area (Å²) in [7, 11) is 3.93. The molecule has 1 amide bonds. The lowest BCUT2D eigenvalue weighted by Crippen LogP contribution is -2.50. The van der Waals surface area contributed by atoms with Crippen molar-refractivity contribution in [2.75, 3.05) is 52.1 Å². The second-order valence-corrected chi connectivity index (χ2v) is 6.66. The third-order valence-electron chi connectivity index (χ3n) is 4.33. The minimum atomic E-state index is 0.129. The van der Waals surface area contributed by atoms with Crippen molar-refractivity contribution in [2.24, 2.45) is 0 Å². The fourth-order valence-corrected chi connectivity index (χ4v) is 2.65. The lowest BCUT2D eigenvalue weighted by molar-refractivity contribution is -0.132. The number of benzene rings is 1. The number of hydrogen-bond acceptors (Lipinski definition) is 3. The zero-order valence-corrected chi connectivity index (χ0v) is 15.2. The SMILES string of the molecule is Cc1ccc(NC(=S)N(C)CC(=O)N2CCN(C)CC2)cc1C. The lowest BCUT2D eigenvalue weighted by atomic mass is 10.1. The summed E-state index contributed by atoms with van der Waals surface area (Å²) in [6.07, 6.45) is 0. The number of hydrogen-bond donors (Lipinski definition) is 1. The van der Waals surface area contributed by atoms with Crippen LogP contribution in [0.5, 0.6) is 0 Å². The monoisotopic (exact) mass is 334 g/mol. The Morgan fingerprint density at radius 1 is 1.22 bits per heavy atom. The quantitative estimate of drug-likeness (QED) is 0.852. The third kappa shape index (κ3) is 4.91. The summed E-state index contributed by atoms with van der Waals surface area (Å²) in [5.41, 5.74) is 3.42. The number of aryl methyl sites for hydroxylation is 2.